The van der Waals surface area contributed by atoms with Gasteiger partial charge in [0.15, 0.2) is 0 Å². The number of carbonyl (C=O) groups excluding carboxylic acids is 2. The molecule has 0 aliphatic carbocycles. The van der Waals surface area contributed by atoms with Crippen LogP contribution in [0.3, 0.4) is 0 Å². The number of rotatable bonds is 10. The molecule has 0 saturated carbocycles. The van der Waals surface area contributed by atoms with Crippen LogP contribution in [0.15, 0.2) is 78.9 Å². The highest BCUT2D eigenvalue weighted by Crippen LogP contribution is 2.38. The number of aliphatic hydroxyl groups is 1. The lowest BCUT2D eigenvalue weighted by Crippen LogP contribution is -2.47. The molecule has 3 aromatic carbocycles. The van der Waals surface area contributed by atoms with Gasteiger partial charge < -0.3 is 15.3 Å². The summed E-state index contributed by atoms with van der Waals surface area (Å²) >= 11 is 0. The van der Waals surface area contributed by atoms with Crippen molar-refractivity contribution in [2.45, 2.75) is 56.5 Å². The lowest BCUT2D eigenvalue weighted by molar-refractivity contribution is -0.143. The first-order valence-electron chi connectivity index (χ1n) is 13.1. The predicted molar refractivity (Wildman–Crippen MR) is 146 cm³/mol. The smallest absolute Gasteiger partial charge is 0.394 e. The van der Waals surface area contributed by atoms with Gasteiger partial charge in [-0.05, 0) is 49.6 Å². The van der Waals surface area contributed by atoms with Crippen LogP contribution in [0.5, 0.6) is 0 Å². The number of likely N-dealkylation sites (N-methyl/N-ethyl adjacent to an activating group) is 1. The number of halogens is 6. The van der Waals surface area contributed by atoms with E-state index in [2.05, 4.69) is 5.32 Å². The van der Waals surface area contributed by atoms with Gasteiger partial charge in [-0.15, -0.1) is 0 Å². The number of hydrogen-bond donors (Lipinski definition) is 2. The summed E-state index contributed by atoms with van der Waals surface area (Å²) in [6, 6.07) is 17.7. The van der Waals surface area contributed by atoms with Crippen molar-refractivity contribution in [3.63, 3.8) is 0 Å². The SMILES string of the molecule is CN(C(=O)c1cc(C(F)(F)F)cc(C(F)(F)F)c1)C(CCC(=O)NC(C)(C)CO)C(c1ccccc1)c1ccccc1. The second kappa shape index (κ2) is 13.0. The van der Waals surface area contributed by atoms with Gasteiger partial charge in [0.05, 0.1) is 23.3 Å². The van der Waals surface area contributed by atoms with Crippen molar-refractivity contribution in [1.82, 2.24) is 10.2 Å². The number of nitrogens with zero attached hydrogens (tertiary/aromatic N) is 1. The Labute approximate surface area is 240 Å². The molecule has 0 heterocycles. The molecule has 2 N–H and O–H groups in total. The van der Waals surface area contributed by atoms with Crippen molar-refractivity contribution in [1.29, 1.82) is 0 Å². The third-order valence-electron chi connectivity index (χ3n) is 6.89. The molecule has 5 nitrogen and oxygen atoms in total. The van der Waals surface area contributed by atoms with Gasteiger partial charge in [-0.1, -0.05) is 60.7 Å². The third-order valence-corrected chi connectivity index (χ3v) is 6.89. The van der Waals surface area contributed by atoms with Crippen molar-refractivity contribution in [3.05, 3.63) is 107 Å². The second-order valence-electron chi connectivity index (χ2n) is 10.7. The number of alkyl halides is 6. The first-order chi connectivity index (χ1) is 19.5. The zero-order chi connectivity index (χ0) is 31.3. The van der Waals surface area contributed by atoms with Gasteiger partial charge in [0.1, 0.15) is 0 Å². The molecule has 0 aliphatic rings. The zero-order valence-corrected chi connectivity index (χ0v) is 23.3. The minimum absolute atomic E-state index is 0.00905. The average Bonchev–Trinajstić information content (AvgIpc) is 2.94. The molecule has 0 fully saturated rings. The van der Waals surface area contributed by atoms with E-state index < -0.39 is 58.4 Å². The molecule has 0 radical (unpaired) electrons. The van der Waals surface area contributed by atoms with Crippen LogP contribution in [0.4, 0.5) is 26.3 Å². The van der Waals surface area contributed by atoms with Crippen LogP contribution >= 0.6 is 0 Å². The third kappa shape index (κ3) is 8.34. The van der Waals surface area contributed by atoms with E-state index in [9.17, 15) is 41.0 Å². The monoisotopic (exact) mass is 594 g/mol. The van der Waals surface area contributed by atoms with Gasteiger partial charge >= 0.3 is 12.4 Å². The maximum absolute atomic E-state index is 13.7. The van der Waals surface area contributed by atoms with Crippen LogP contribution < -0.4 is 5.32 Å². The largest absolute Gasteiger partial charge is 0.416 e. The summed E-state index contributed by atoms with van der Waals surface area (Å²) in [5, 5.41) is 12.2. The average molecular weight is 595 g/mol. The molecule has 11 heteroatoms. The van der Waals surface area contributed by atoms with Crippen LogP contribution in [-0.2, 0) is 17.1 Å². The van der Waals surface area contributed by atoms with Crippen LogP contribution in [-0.4, -0.2) is 47.1 Å². The van der Waals surface area contributed by atoms with E-state index in [-0.39, 0.29) is 25.5 Å². The van der Waals surface area contributed by atoms with E-state index >= 15 is 0 Å². The Morgan fingerprint density at radius 1 is 0.810 bits per heavy atom. The molecule has 0 saturated heterocycles. The van der Waals surface area contributed by atoms with E-state index in [0.29, 0.717) is 12.1 Å². The fraction of sp³-hybridized carbons (Fsp3) is 0.355. The van der Waals surface area contributed by atoms with Gasteiger partial charge in [-0.2, -0.15) is 26.3 Å². The minimum atomic E-state index is -5.12. The number of carbonyl (C=O) groups is 2. The van der Waals surface area contributed by atoms with Crippen molar-refractivity contribution >= 4 is 11.8 Å². The summed E-state index contributed by atoms with van der Waals surface area (Å²) in [7, 11) is 1.30. The fourth-order valence-electron chi connectivity index (χ4n) is 4.73. The molecule has 0 aliphatic heterocycles. The quantitative estimate of drug-likeness (QED) is 0.258. The molecule has 42 heavy (non-hydrogen) atoms. The predicted octanol–water partition coefficient (Wildman–Crippen LogP) is 6.66. The Bertz CT molecular complexity index is 1290. The standard InChI is InChI=1S/C31H32F6N2O3/c1-29(2,19-40)38-26(41)15-14-25(27(20-10-6-4-7-11-20)21-12-8-5-9-13-21)39(3)28(42)22-16-23(30(32,33)34)18-24(17-22)31(35,36)37/h4-13,16-18,25,27,40H,14-15,19H2,1-3H3,(H,38,41). The molecule has 1 atom stereocenters. The van der Waals surface area contributed by atoms with Gasteiger partial charge in [0.2, 0.25) is 5.91 Å². The number of benzene rings is 3. The summed E-state index contributed by atoms with van der Waals surface area (Å²) < 4.78 is 81.3. The zero-order valence-electron chi connectivity index (χ0n) is 23.3. The number of hydrogen-bond acceptors (Lipinski definition) is 3. The Morgan fingerprint density at radius 3 is 1.67 bits per heavy atom. The van der Waals surface area contributed by atoms with Gasteiger partial charge in [0, 0.05) is 31.0 Å². The molecular weight excluding hydrogens is 562 g/mol. The summed E-state index contributed by atoms with van der Waals surface area (Å²) in [5.41, 5.74) is -3.46. The lowest BCUT2D eigenvalue weighted by Gasteiger charge is -2.36. The highest BCUT2D eigenvalue weighted by molar-refractivity contribution is 5.95. The van der Waals surface area contributed by atoms with Gasteiger partial charge in [-0.25, -0.2) is 0 Å². The Morgan fingerprint density at radius 2 is 1.26 bits per heavy atom. The molecular formula is C31H32F6N2O3. The first kappa shape index (κ1) is 32.7. The van der Waals surface area contributed by atoms with E-state index in [1.54, 1.807) is 74.5 Å². The molecule has 3 rings (SSSR count). The maximum Gasteiger partial charge on any atom is 0.416 e. The second-order valence-corrected chi connectivity index (χ2v) is 10.7. The van der Waals surface area contributed by atoms with Crippen molar-refractivity contribution < 1.29 is 41.0 Å². The summed E-state index contributed by atoms with van der Waals surface area (Å²) in [4.78, 5) is 27.6. The van der Waals surface area contributed by atoms with Crippen molar-refractivity contribution in [3.8, 4) is 0 Å². The Kier molecular flexibility index (Phi) is 10.1. The fourth-order valence-corrected chi connectivity index (χ4v) is 4.73. The number of aliphatic hydroxyl groups excluding tert-OH is 1. The maximum atomic E-state index is 13.7. The molecule has 226 valence electrons. The lowest BCUT2D eigenvalue weighted by atomic mass is 9.82. The van der Waals surface area contributed by atoms with Crippen LogP contribution in [0.25, 0.3) is 0 Å². The summed E-state index contributed by atoms with van der Waals surface area (Å²) in [5.74, 6) is -2.10. The molecule has 0 aromatic heterocycles. The van der Waals surface area contributed by atoms with E-state index in [0.717, 1.165) is 16.0 Å². The van der Waals surface area contributed by atoms with Crippen LogP contribution in [0, 0.1) is 0 Å². The molecule has 2 amide bonds. The van der Waals surface area contributed by atoms with E-state index in [1.165, 1.54) is 7.05 Å². The van der Waals surface area contributed by atoms with Crippen LogP contribution in [0.1, 0.15) is 65.2 Å². The topological polar surface area (TPSA) is 69.6 Å². The highest BCUT2D eigenvalue weighted by atomic mass is 19.4. The number of amides is 2. The minimum Gasteiger partial charge on any atom is -0.394 e. The molecule has 0 bridgehead atoms. The molecule has 3 aromatic rings. The Balaban J connectivity index is 2.11. The Hall–Kier alpha value is -3.86. The van der Waals surface area contributed by atoms with Gasteiger partial charge in [0.25, 0.3) is 5.91 Å². The van der Waals surface area contributed by atoms with E-state index in [1.807, 2.05) is 0 Å². The van der Waals surface area contributed by atoms with Gasteiger partial charge in [-0.3, -0.25) is 9.59 Å². The van der Waals surface area contributed by atoms with E-state index in [4.69, 9.17) is 0 Å². The summed E-state index contributed by atoms with van der Waals surface area (Å²) in [6.45, 7) is 2.88. The molecule has 0 spiro atoms. The summed E-state index contributed by atoms with van der Waals surface area (Å²) in [6.07, 6.45) is -10.4. The van der Waals surface area contributed by atoms with Crippen LogP contribution in [0.2, 0.25) is 0 Å². The normalized spacial score (nSPS) is 13.1. The van der Waals surface area contributed by atoms with Crippen molar-refractivity contribution in [2.24, 2.45) is 0 Å². The molecule has 1 unspecified atom stereocenters. The van der Waals surface area contributed by atoms with Crippen molar-refractivity contribution in [2.75, 3.05) is 13.7 Å². The highest BCUT2D eigenvalue weighted by Gasteiger charge is 2.39. The first-order valence-corrected chi connectivity index (χ1v) is 13.1. The number of nitrogens with one attached hydrogen (secondary N) is 1.